The molecule has 112 valence electrons. The molecule has 1 amide bonds. The molecule has 1 aromatic heterocycles. The van der Waals surface area contributed by atoms with Gasteiger partial charge in [0.15, 0.2) is 5.16 Å². The second-order valence-corrected chi connectivity index (χ2v) is 6.17. The Hall–Kier alpha value is -1.44. The highest BCUT2D eigenvalue weighted by molar-refractivity contribution is 7.99. The number of carbonyl (C=O) groups is 1. The van der Waals surface area contributed by atoms with Gasteiger partial charge in [-0.2, -0.15) is 0 Å². The third kappa shape index (κ3) is 4.26. The van der Waals surface area contributed by atoms with Gasteiger partial charge in [-0.05, 0) is 24.0 Å². The average molecular weight is 346 g/mol. The number of hydrogen-bond donors (Lipinski definition) is 2. The van der Waals surface area contributed by atoms with E-state index >= 15 is 0 Å². The molecule has 9 heteroatoms. The summed E-state index contributed by atoms with van der Waals surface area (Å²) in [6.07, 6.45) is 0. The maximum atomic E-state index is 12.1. The predicted octanol–water partition coefficient (Wildman–Crippen LogP) is 2.92. The Morgan fingerprint density at radius 2 is 2.00 bits per heavy atom. The average Bonchev–Trinajstić information content (AvgIpc) is 2.70. The molecule has 0 atom stereocenters. The minimum absolute atomic E-state index is 0.0191. The normalized spacial score (nSPS) is 10.6. The third-order valence-electron chi connectivity index (χ3n) is 2.47. The molecule has 0 saturated carbocycles. The summed E-state index contributed by atoms with van der Waals surface area (Å²) in [5, 5.41) is 11.9. The van der Waals surface area contributed by atoms with E-state index in [-0.39, 0.29) is 18.4 Å². The highest BCUT2D eigenvalue weighted by Gasteiger charge is 2.13. The van der Waals surface area contributed by atoms with Crippen LogP contribution in [0.2, 0.25) is 10.0 Å². The van der Waals surface area contributed by atoms with Gasteiger partial charge in [0.1, 0.15) is 6.54 Å². The molecule has 21 heavy (non-hydrogen) atoms. The summed E-state index contributed by atoms with van der Waals surface area (Å²) < 4.78 is 1.55. The van der Waals surface area contributed by atoms with Crippen molar-refractivity contribution in [2.75, 3.05) is 16.8 Å². The Labute approximate surface area is 136 Å². The number of hydrogen-bond acceptors (Lipinski definition) is 5. The van der Waals surface area contributed by atoms with Crippen LogP contribution < -0.4 is 11.1 Å². The number of rotatable bonds is 5. The van der Waals surface area contributed by atoms with E-state index in [9.17, 15) is 4.79 Å². The molecule has 0 spiro atoms. The van der Waals surface area contributed by atoms with Gasteiger partial charge in [0.2, 0.25) is 11.9 Å². The number of benzene rings is 1. The molecule has 0 aliphatic rings. The topological polar surface area (TPSA) is 85.8 Å². The van der Waals surface area contributed by atoms with Crippen LogP contribution in [0.25, 0.3) is 0 Å². The molecule has 0 aliphatic carbocycles. The largest absolute Gasteiger partial charge is 0.368 e. The Morgan fingerprint density at radius 1 is 1.33 bits per heavy atom. The lowest BCUT2D eigenvalue weighted by atomic mass is 10.3. The number of nitrogens with zero attached hydrogens (tertiary/aromatic N) is 3. The molecule has 0 unspecified atom stereocenters. The summed E-state index contributed by atoms with van der Waals surface area (Å²) in [5.41, 5.74) is 6.24. The zero-order valence-corrected chi connectivity index (χ0v) is 13.5. The number of nitrogens with one attached hydrogen (secondary N) is 1. The van der Waals surface area contributed by atoms with E-state index < -0.39 is 0 Å². The minimum Gasteiger partial charge on any atom is -0.368 e. The molecule has 2 aromatic rings. The van der Waals surface area contributed by atoms with Crippen molar-refractivity contribution < 1.29 is 4.79 Å². The fraction of sp³-hybridized carbons (Fsp3) is 0.250. The first-order valence-electron chi connectivity index (χ1n) is 6.07. The first-order valence-corrected chi connectivity index (χ1v) is 7.81. The first kappa shape index (κ1) is 15.9. The van der Waals surface area contributed by atoms with Crippen LogP contribution in [0.3, 0.4) is 0 Å². The fourth-order valence-electron chi connectivity index (χ4n) is 1.65. The number of anilines is 2. The summed E-state index contributed by atoms with van der Waals surface area (Å²) in [7, 11) is 0. The lowest BCUT2D eigenvalue weighted by Crippen LogP contribution is -2.20. The van der Waals surface area contributed by atoms with Crippen LogP contribution in [0.1, 0.15) is 6.92 Å². The van der Waals surface area contributed by atoms with Crippen molar-refractivity contribution in [2.45, 2.75) is 18.6 Å². The quantitative estimate of drug-likeness (QED) is 0.813. The number of nitrogen functional groups attached to an aromatic ring is 1. The number of carbonyl (C=O) groups excluding carboxylic acids is 1. The fourth-order valence-corrected chi connectivity index (χ4v) is 2.85. The molecule has 0 aliphatic heterocycles. The van der Waals surface area contributed by atoms with Crippen molar-refractivity contribution in [1.82, 2.24) is 14.8 Å². The van der Waals surface area contributed by atoms with Gasteiger partial charge < -0.3 is 11.1 Å². The molecule has 2 rings (SSSR count). The van der Waals surface area contributed by atoms with Crippen LogP contribution >= 0.6 is 35.0 Å². The number of halogens is 2. The number of amides is 1. The standard InChI is InChI=1S/C12H13Cl2N5OS/c1-2-21-12-18-17-11(15)19(12)6-10(20)16-9-4-7(13)3-8(14)5-9/h3-5H,2,6H2,1H3,(H2,15,17)(H,16,20). The van der Waals surface area contributed by atoms with Gasteiger partial charge in [-0.25, -0.2) is 0 Å². The SMILES string of the molecule is CCSc1nnc(N)n1CC(=O)Nc1cc(Cl)cc(Cl)c1. The van der Waals surface area contributed by atoms with Crippen LogP contribution in [0.5, 0.6) is 0 Å². The molecule has 1 heterocycles. The molecular formula is C12H13Cl2N5OS. The van der Waals surface area contributed by atoms with Crippen molar-refractivity contribution in [2.24, 2.45) is 0 Å². The lowest BCUT2D eigenvalue weighted by molar-refractivity contribution is -0.116. The van der Waals surface area contributed by atoms with E-state index in [4.69, 9.17) is 28.9 Å². The van der Waals surface area contributed by atoms with Crippen molar-refractivity contribution in [3.05, 3.63) is 28.2 Å². The smallest absolute Gasteiger partial charge is 0.244 e. The monoisotopic (exact) mass is 345 g/mol. The lowest BCUT2D eigenvalue weighted by Gasteiger charge is -2.09. The van der Waals surface area contributed by atoms with E-state index in [0.717, 1.165) is 5.75 Å². The summed E-state index contributed by atoms with van der Waals surface area (Å²) in [4.78, 5) is 12.1. The summed E-state index contributed by atoms with van der Waals surface area (Å²) >= 11 is 13.2. The van der Waals surface area contributed by atoms with Crippen LogP contribution in [-0.4, -0.2) is 26.4 Å². The second kappa shape index (κ2) is 7.02. The number of nitrogens with two attached hydrogens (primary N) is 1. The zero-order chi connectivity index (χ0) is 15.4. The molecule has 0 fully saturated rings. The summed E-state index contributed by atoms with van der Waals surface area (Å²) in [5.74, 6) is 0.743. The van der Waals surface area contributed by atoms with E-state index in [1.807, 2.05) is 6.92 Å². The van der Waals surface area contributed by atoms with Crippen molar-refractivity contribution in [3.8, 4) is 0 Å². The van der Waals surface area contributed by atoms with Crippen LogP contribution in [0, 0.1) is 0 Å². The highest BCUT2D eigenvalue weighted by atomic mass is 35.5. The number of aromatic nitrogens is 3. The van der Waals surface area contributed by atoms with Crippen LogP contribution in [0.15, 0.2) is 23.4 Å². The van der Waals surface area contributed by atoms with Crippen LogP contribution in [-0.2, 0) is 11.3 Å². The first-order chi connectivity index (χ1) is 9.99. The molecular weight excluding hydrogens is 333 g/mol. The van der Waals surface area contributed by atoms with Gasteiger partial charge in [-0.3, -0.25) is 9.36 Å². The molecule has 6 nitrogen and oxygen atoms in total. The molecule has 3 N–H and O–H groups in total. The van der Waals surface area contributed by atoms with E-state index in [0.29, 0.717) is 20.9 Å². The van der Waals surface area contributed by atoms with E-state index in [1.165, 1.54) is 11.8 Å². The Balaban J connectivity index is 2.09. The number of thioether (sulfide) groups is 1. The third-order valence-corrected chi connectivity index (χ3v) is 3.75. The van der Waals surface area contributed by atoms with Gasteiger partial charge in [-0.1, -0.05) is 41.9 Å². The van der Waals surface area contributed by atoms with Crippen molar-refractivity contribution in [3.63, 3.8) is 0 Å². The Bertz CT molecular complexity index is 641. The van der Waals surface area contributed by atoms with Gasteiger partial charge in [0, 0.05) is 15.7 Å². The van der Waals surface area contributed by atoms with Gasteiger partial charge in [0.25, 0.3) is 0 Å². The Morgan fingerprint density at radius 3 is 2.62 bits per heavy atom. The molecule has 1 aromatic carbocycles. The summed E-state index contributed by atoms with van der Waals surface area (Å²) in [6.45, 7) is 2.00. The molecule has 0 bridgehead atoms. The van der Waals surface area contributed by atoms with Crippen molar-refractivity contribution in [1.29, 1.82) is 0 Å². The second-order valence-electron chi connectivity index (χ2n) is 4.07. The molecule has 0 saturated heterocycles. The van der Waals surface area contributed by atoms with E-state index in [2.05, 4.69) is 15.5 Å². The minimum atomic E-state index is -0.266. The van der Waals surface area contributed by atoms with Crippen molar-refractivity contribution >= 4 is 52.5 Å². The summed E-state index contributed by atoms with van der Waals surface area (Å²) in [6, 6.07) is 4.82. The van der Waals surface area contributed by atoms with Gasteiger partial charge in [-0.15, -0.1) is 10.2 Å². The molecule has 0 radical (unpaired) electrons. The predicted molar refractivity (Wildman–Crippen MR) is 85.9 cm³/mol. The van der Waals surface area contributed by atoms with Gasteiger partial charge in [0.05, 0.1) is 0 Å². The van der Waals surface area contributed by atoms with Gasteiger partial charge >= 0.3 is 0 Å². The Kier molecular flexibility index (Phi) is 5.33. The van der Waals surface area contributed by atoms with Crippen LogP contribution in [0.4, 0.5) is 11.6 Å². The highest BCUT2D eigenvalue weighted by Crippen LogP contribution is 2.23. The maximum absolute atomic E-state index is 12.1. The maximum Gasteiger partial charge on any atom is 0.244 e. The van der Waals surface area contributed by atoms with E-state index in [1.54, 1.807) is 22.8 Å². The zero-order valence-electron chi connectivity index (χ0n) is 11.1.